The number of nitrogens with zero attached hydrogens (tertiary/aromatic N) is 1. The van der Waals surface area contributed by atoms with Crippen molar-refractivity contribution in [3.05, 3.63) is 0 Å². The van der Waals surface area contributed by atoms with Crippen LogP contribution < -0.4 is 0 Å². The molecule has 1 saturated heterocycles. The molecule has 1 rings (SSSR count). The summed E-state index contributed by atoms with van der Waals surface area (Å²) in [6.07, 6.45) is 0.578. The lowest BCUT2D eigenvalue weighted by Crippen LogP contribution is -2.30. The molecule has 0 unspecified atom stereocenters. The zero-order valence-electron chi connectivity index (χ0n) is 6.05. The van der Waals surface area contributed by atoms with Crippen molar-refractivity contribution in [3.63, 3.8) is 0 Å². The first kappa shape index (κ1) is 8.86. The summed E-state index contributed by atoms with van der Waals surface area (Å²) >= 11 is 0. The van der Waals surface area contributed by atoms with Gasteiger partial charge in [0.05, 0.1) is 12.8 Å². The first-order valence-corrected chi connectivity index (χ1v) is 4.99. The maximum Gasteiger partial charge on any atom is 0.262 e. The Hall–Kier alpha value is -0.230. The average molecular weight is 185 g/mol. The Morgan fingerprint density at radius 1 is 1.45 bits per heavy atom. The Bertz CT molecular complexity index is 249. The number of sulfonamides is 1. The second kappa shape index (κ2) is 2.38. The smallest absolute Gasteiger partial charge is 0.213 e. The van der Waals surface area contributed by atoms with E-state index < -0.39 is 22.5 Å². The Morgan fingerprint density at radius 3 is 2.18 bits per heavy atom. The first-order chi connectivity index (χ1) is 4.81. The van der Waals surface area contributed by atoms with Crippen molar-refractivity contribution in [2.24, 2.45) is 0 Å². The molecule has 11 heavy (non-hydrogen) atoms. The minimum atomic E-state index is -3.42. The quantitative estimate of drug-likeness (QED) is 0.588. The van der Waals surface area contributed by atoms with Crippen LogP contribution >= 0.6 is 0 Å². The maximum absolute atomic E-state index is 12.4. The molecule has 0 amide bonds. The third kappa shape index (κ3) is 2.10. The predicted molar refractivity (Wildman–Crippen MR) is 36.0 cm³/mol. The van der Waals surface area contributed by atoms with Gasteiger partial charge in [-0.15, -0.1) is 0 Å². The molecule has 1 fully saturated rings. The fourth-order valence-electron chi connectivity index (χ4n) is 0.987. The monoisotopic (exact) mass is 185 g/mol. The fourth-order valence-corrected chi connectivity index (χ4v) is 1.83. The van der Waals surface area contributed by atoms with Gasteiger partial charge in [-0.1, -0.05) is 0 Å². The zero-order chi connectivity index (χ0) is 8.70. The van der Waals surface area contributed by atoms with Gasteiger partial charge in [0.25, 0.3) is 5.92 Å². The predicted octanol–water partition coefficient (Wildman–Crippen LogP) is 0.287. The van der Waals surface area contributed by atoms with E-state index in [-0.39, 0.29) is 13.0 Å². The molecule has 0 radical (unpaired) electrons. The second-order valence-corrected chi connectivity index (χ2v) is 4.68. The average Bonchev–Trinajstić information content (AvgIpc) is 2.07. The molecule has 1 aliphatic rings. The molecular formula is C5H9F2NO2S. The molecule has 1 heterocycles. The van der Waals surface area contributed by atoms with Gasteiger partial charge in [-0.05, 0) is 0 Å². The minimum Gasteiger partial charge on any atom is -0.213 e. The highest BCUT2D eigenvalue weighted by atomic mass is 32.2. The van der Waals surface area contributed by atoms with Crippen molar-refractivity contribution in [2.45, 2.75) is 12.3 Å². The summed E-state index contributed by atoms with van der Waals surface area (Å²) in [6.45, 7) is -0.725. The summed E-state index contributed by atoms with van der Waals surface area (Å²) in [6, 6.07) is 0. The van der Waals surface area contributed by atoms with E-state index in [1.165, 1.54) is 0 Å². The summed E-state index contributed by atoms with van der Waals surface area (Å²) in [5.41, 5.74) is 0. The maximum atomic E-state index is 12.4. The largest absolute Gasteiger partial charge is 0.262 e. The van der Waals surface area contributed by atoms with Crippen LogP contribution in [0.4, 0.5) is 8.78 Å². The second-order valence-electron chi connectivity index (χ2n) is 2.70. The van der Waals surface area contributed by atoms with Gasteiger partial charge < -0.3 is 0 Å². The van der Waals surface area contributed by atoms with E-state index in [0.29, 0.717) is 0 Å². The van der Waals surface area contributed by atoms with E-state index in [0.717, 1.165) is 10.6 Å². The summed E-state index contributed by atoms with van der Waals surface area (Å²) in [7, 11) is -3.42. The molecule has 3 nitrogen and oxygen atoms in total. The zero-order valence-corrected chi connectivity index (χ0v) is 6.87. The van der Waals surface area contributed by atoms with Crippen molar-refractivity contribution < 1.29 is 17.2 Å². The van der Waals surface area contributed by atoms with E-state index in [4.69, 9.17) is 0 Å². The number of alkyl halides is 2. The van der Waals surface area contributed by atoms with Crippen LogP contribution in [0.3, 0.4) is 0 Å². The highest BCUT2D eigenvalue weighted by Gasteiger charge is 2.41. The number of rotatable bonds is 1. The Kier molecular flexibility index (Phi) is 1.92. The van der Waals surface area contributed by atoms with Gasteiger partial charge in [0.2, 0.25) is 10.0 Å². The molecular weight excluding hydrogens is 176 g/mol. The van der Waals surface area contributed by atoms with Crippen LogP contribution in [0.15, 0.2) is 0 Å². The lowest BCUT2D eigenvalue weighted by atomic mass is 10.3. The summed E-state index contributed by atoms with van der Waals surface area (Å²) in [5.74, 6) is -2.83. The molecule has 0 bridgehead atoms. The van der Waals surface area contributed by atoms with Crippen molar-refractivity contribution in [3.8, 4) is 0 Å². The van der Waals surface area contributed by atoms with Crippen LogP contribution in [0.5, 0.6) is 0 Å². The van der Waals surface area contributed by atoms with Crippen molar-refractivity contribution in [2.75, 3.05) is 19.3 Å². The van der Waals surface area contributed by atoms with Crippen LogP contribution in [0, 0.1) is 0 Å². The number of hydrogen-bond acceptors (Lipinski definition) is 2. The molecule has 0 spiro atoms. The fraction of sp³-hybridized carbons (Fsp3) is 1.00. The van der Waals surface area contributed by atoms with E-state index in [1.807, 2.05) is 0 Å². The lowest BCUT2D eigenvalue weighted by molar-refractivity contribution is 0.0184. The summed E-state index contributed by atoms with van der Waals surface area (Å²) in [5, 5.41) is 0. The van der Waals surface area contributed by atoms with Gasteiger partial charge in [-0.25, -0.2) is 17.2 Å². The van der Waals surface area contributed by atoms with E-state index in [2.05, 4.69) is 0 Å². The Balaban J connectivity index is 2.71. The van der Waals surface area contributed by atoms with Gasteiger partial charge >= 0.3 is 0 Å². The van der Waals surface area contributed by atoms with Crippen molar-refractivity contribution in [1.29, 1.82) is 0 Å². The van der Waals surface area contributed by atoms with Gasteiger partial charge in [0, 0.05) is 13.0 Å². The van der Waals surface area contributed by atoms with Crippen LogP contribution in [0.1, 0.15) is 6.42 Å². The van der Waals surface area contributed by atoms with Crippen LogP contribution in [-0.4, -0.2) is 38.0 Å². The topological polar surface area (TPSA) is 37.4 Å². The Morgan fingerprint density at radius 2 is 2.00 bits per heavy atom. The third-order valence-electron chi connectivity index (χ3n) is 1.60. The number of hydrogen-bond donors (Lipinski definition) is 0. The minimum absolute atomic E-state index is 0.0637. The van der Waals surface area contributed by atoms with Gasteiger partial charge in [0.1, 0.15) is 0 Å². The molecule has 0 aliphatic carbocycles. The van der Waals surface area contributed by atoms with Crippen molar-refractivity contribution in [1.82, 2.24) is 4.31 Å². The van der Waals surface area contributed by atoms with E-state index in [1.54, 1.807) is 0 Å². The van der Waals surface area contributed by atoms with E-state index >= 15 is 0 Å². The summed E-state index contributed by atoms with van der Waals surface area (Å²) in [4.78, 5) is 0. The van der Waals surface area contributed by atoms with E-state index in [9.17, 15) is 17.2 Å². The molecule has 6 heteroatoms. The molecule has 0 aromatic rings. The number of halogens is 2. The third-order valence-corrected chi connectivity index (χ3v) is 2.85. The molecule has 0 aromatic heterocycles. The van der Waals surface area contributed by atoms with Crippen molar-refractivity contribution >= 4 is 10.0 Å². The SMILES string of the molecule is CS(=O)(=O)N1CCC(F)(F)C1. The van der Waals surface area contributed by atoms with Gasteiger partial charge in [0.15, 0.2) is 0 Å². The van der Waals surface area contributed by atoms with Gasteiger partial charge in [-0.2, -0.15) is 4.31 Å². The highest BCUT2D eigenvalue weighted by Crippen LogP contribution is 2.27. The Labute approximate surface area is 64.0 Å². The highest BCUT2D eigenvalue weighted by molar-refractivity contribution is 7.88. The lowest BCUT2D eigenvalue weighted by Gasteiger charge is -2.11. The summed E-state index contributed by atoms with van der Waals surface area (Å²) < 4.78 is 47.1. The normalized spacial score (nSPS) is 25.7. The molecule has 1 aliphatic heterocycles. The van der Waals surface area contributed by atoms with Crippen LogP contribution in [0.2, 0.25) is 0 Å². The molecule has 66 valence electrons. The molecule has 0 aromatic carbocycles. The van der Waals surface area contributed by atoms with Crippen LogP contribution in [-0.2, 0) is 10.0 Å². The van der Waals surface area contributed by atoms with Crippen LogP contribution in [0.25, 0.3) is 0 Å². The first-order valence-electron chi connectivity index (χ1n) is 3.14. The van der Waals surface area contributed by atoms with Gasteiger partial charge in [-0.3, -0.25) is 0 Å². The molecule has 0 N–H and O–H groups in total. The molecule has 0 saturated carbocycles. The molecule has 0 atom stereocenters. The standard InChI is InChI=1S/C5H9F2NO2S/c1-11(9,10)8-3-2-5(6,7)4-8/h2-4H2,1H3.